The highest BCUT2D eigenvalue weighted by molar-refractivity contribution is 5.84. The monoisotopic (exact) mass is 289 g/mol. The molecule has 21 heavy (non-hydrogen) atoms. The number of Topliss-reactive ketones (excluding diaryl/α,β-unsaturated/α-hetero) is 1. The maximum Gasteiger partial charge on any atom is 0.148 e. The molecule has 3 heterocycles. The average Bonchev–Trinajstić information content (AvgIpc) is 3.14. The van der Waals surface area contributed by atoms with Crippen molar-refractivity contribution in [3.8, 4) is 0 Å². The van der Waals surface area contributed by atoms with Gasteiger partial charge < -0.3 is 18.8 Å². The van der Waals surface area contributed by atoms with Crippen LogP contribution in [0.4, 0.5) is 0 Å². The predicted octanol–water partition coefficient (Wildman–Crippen LogP) is 1.82. The standard InChI is InChI=1S/C16H19NO4/c1-17-7-6-16(19,15-5-3-9-21-15)13(11-17)14(18)10-12-4-2-8-20-12/h2-5,8-9,13,19H,6-7,10-11H2,1H3/t13-,16+/m0/s1. The van der Waals surface area contributed by atoms with Crippen LogP contribution in [0.3, 0.4) is 0 Å². The molecule has 1 saturated heterocycles. The van der Waals surface area contributed by atoms with Crippen molar-refractivity contribution < 1.29 is 18.7 Å². The Morgan fingerprint density at radius 3 is 2.81 bits per heavy atom. The smallest absolute Gasteiger partial charge is 0.148 e. The third kappa shape index (κ3) is 2.66. The molecule has 1 aliphatic rings. The van der Waals surface area contributed by atoms with Gasteiger partial charge in [0, 0.05) is 13.1 Å². The molecule has 5 nitrogen and oxygen atoms in total. The summed E-state index contributed by atoms with van der Waals surface area (Å²) in [7, 11) is 1.95. The Kier molecular flexibility index (Phi) is 3.69. The SMILES string of the molecule is CN1CC[C@](O)(c2ccco2)[C@H](C(=O)Cc2ccco2)C1. The molecule has 0 unspecified atom stereocenters. The maximum atomic E-state index is 12.6. The molecule has 1 fully saturated rings. The predicted molar refractivity (Wildman–Crippen MR) is 75.6 cm³/mol. The van der Waals surface area contributed by atoms with Gasteiger partial charge in [0.15, 0.2) is 0 Å². The summed E-state index contributed by atoms with van der Waals surface area (Å²) in [6.45, 7) is 1.23. The first-order chi connectivity index (χ1) is 10.1. The van der Waals surface area contributed by atoms with Gasteiger partial charge in [0.2, 0.25) is 0 Å². The van der Waals surface area contributed by atoms with Crippen molar-refractivity contribution in [2.45, 2.75) is 18.4 Å². The van der Waals surface area contributed by atoms with Crippen molar-refractivity contribution in [1.82, 2.24) is 4.90 Å². The normalized spacial score (nSPS) is 26.9. The number of hydrogen-bond donors (Lipinski definition) is 1. The second-order valence-electron chi connectivity index (χ2n) is 5.69. The maximum absolute atomic E-state index is 12.6. The van der Waals surface area contributed by atoms with Crippen LogP contribution in [0.5, 0.6) is 0 Å². The van der Waals surface area contributed by atoms with Gasteiger partial charge in [-0.25, -0.2) is 0 Å². The average molecular weight is 289 g/mol. The quantitative estimate of drug-likeness (QED) is 0.930. The highest BCUT2D eigenvalue weighted by Crippen LogP contribution is 2.38. The van der Waals surface area contributed by atoms with E-state index in [2.05, 4.69) is 4.90 Å². The van der Waals surface area contributed by atoms with Crippen LogP contribution in [0.15, 0.2) is 45.6 Å². The molecule has 1 aliphatic heterocycles. The Morgan fingerprint density at radius 2 is 2.14 bits per heavy atom. The summed E-state index contributed by atoms with van der Waals surface area (Å²) in [4.78, 5) is 14.7. The second-order valence-corrected chi connectivity index (χ2v) is 5.69. The summed E-state index contributed by atoms with van der Waals surface area (Å²) >= 11 is 0. The van der Waals surface area contributed by atoms with Crippen LogP contribution in [-0.2, 0) is 16.8 Å². The molecule has 2 aromatic heterocycles. The van der Waals surface area contributed by atoms with E-state index in [1.807, 2.05) is 7.05 Å². The van der Waals surface area contributed by atoms with Crippen LogP contribution in [0, 0.1) is 5.92 Å². The summed E-state index contributed by atoms with van der Waals surface area (Å²) < 4.78 is 10.6. The molecule has 0 aromatic carbocycles. The fourth-order valence-electron chi connectivity index (χ4n) is 2.99. The van der Waals surface area contributed by atoms with Gasteiger partial charge in [-0.15, -0.1) is 0 Å². The summed E-state index contributed by atoms with van der Waals surface area (Å²) in [5, 5.41) is 11.0. The number of likely N-dealkylation sites (tertiary alicyclic amines) is 1. The van der Waals surface area contributed by atoms with Crippen LogP contribution in [0.1, 0.15) is 17.9 Å². The lowest BCUT2D eigenvalue weighted by Crippen LogP contribution is -2.52. The van der Waals surface area contributed by atoms with Crippen LogP contribution >= 0.6 is 0 Å². The van der Waals surface area contributed by atoms with Gasteiger partial charge in [-0.1, -0.05) is 0 Å². The van der Waals surface area contributed by atoms with Gasteiger partial charge in [0.05, 0.1) is 24.9 Å². The number of nitrogens with zero attached hydrogens (tertiary/aromatic N) is 1. The number of furan rings is 2. The van der Waals surface area contributed by atoms with E-state index >= 15 is 0 Å². The van der Waals surface area contributed by atoms with Crippen molar-refractivity contribution in [2.24, 2.45) is 5.92 Å². The number of carbonyl (C=O) groups excluding carboxylic acids is 1. The summed E-state index contributed by atoms with van der Waals surface area (Å²) in [6, 6.07) is 7.00. The Hall–Kier alpha value is -1.85. The largest absolute Gasteiger partial charge is 0.469 e. The molecule has 1 N–H and O–H groups in total. The minimum absolute atomic E-state index is 0.0320. The molecular formula is C16H19NO4. The lowest BCUT2D eigenvalue weighted by Gasteiger charge is -2.41. The molecule has 0 spiro atoms. The highest BCUT2D eigenvalue weighted by atomic mass is 16.4. The van der Waals surface area contributed by atoms with Gasteiger partial charge in [0.25, 0.3) is 0 Å². The van der Waals surface area contributed by atoms with Crippen LogP contribution in [0.2, 0.25) is 0 Å². The molecular weight excluding hydrogens is 270 g/mol. The first kappa shape index (κ1) is 14.1. The van der Waals surface area contributed by atoms with E-state index in [1.165, 1.54) is 6.26 Å². The molecule has 0 saturated carbocycles. The lowest BCUT2D eigenvalue weighted by atomic mass is 9.76. The Morgan fingerprint density at radius 1 is 1.38 bits per heavy atom. The highest BCUT2D eigenvalue weighted by Gasteiger charge is 2.47. The van der Waals surface area contributed by atoms with Gasteiger partial charge in [0.1, 0.15) is 22.9 Å². The van der Waals surface area contributed by atoms with Crippen molar-refractivity contribution >= 4 is 5.78 Å². The first-order valence-electron chi connectivity index (χ1n) is 7.09. The fourth-order valence-corrected chi connectivity index (χ4v) is 2.99. The van der Waals surface area contributed by atoms with E-state index in [0.29, 0.717) is 24.5 Å². The fraction of sp³-hybridized carbons (Fsp3) is 0.438. The van der Waals surface area contributed by atoms with Crippen molar-refractivity contribution in [3.63, 3.8) is 0 Å². The lowest BCUT2D eigenvalue weighted by molar-refractivity contribution is -0.143. The van der Waals surface area contributed by atoms with Gasteiger partial charge in [-0.3, -0.25) is 4.79 Å². The molecule has 0 bridgehead atoms. The van der Waals surface area contributed by atoms with Crippen molar-refractivity contribution in [1.29, 1.82) is 0 Å². The van der Waals surface area contributed by atoms with E-state index in [9.17, 15) is 9.90 Å². The molecule has 0 aliphatic carbocycles. The van der Waals surface area contributed by atoms with Crippen LogP contribution in [-0.4, -0.2) is 35.9 Å². The zero-order chi connectivity index (χ0) is 14.9. The number of carbonyl (C=O) groups is 1. The molecule has 0 radical (unpaired) electrons. The zero-order valence-corrected chi connectivity index (χ0v) is 12.0. The zero-order valence-electron chi connectivity index (χ0n) is 12.0. The minimum atomic E-state index is -1.24. The summed E-state index contributed by atoms with van der Waals surface area (Å²) in [5.74, 6) is 0.534. The summed E-state index contributed by atoms with van der Waals surface area (Å²) in [5.41, 5.74) is -1.24. The first-order valence-corrected chi connectivity index (χ1v) is 7.09. The number of ketones is 1. The van der Waals surface area contributed by atoms with E-state index in [4.69, 9.17) is 8.83 Å². The third-order valence-electron chi connectivity index (χ3n) is 4.21. The van der Waals surface area contributed by atoms with Crippen LogP contribution in [0.25, 0.3) is 0 Å². The molecule has 112 valence electrons. The van der Waals surface area contributed by atoms with Gasteiger partial charge in [-0.2, -0.15) is 0 Å². The molecule has 2 atom stereocenters. The van der Waals surface area contributed by atoms with E-state index in [1.54, 1.807) is 30.5 Å². The van der Waals surface area contributed by atoms with Crippen LogP contribution < -0.4 is 0 Å². The Labute approximate surface area is 123 Å². The second kappa shape index (κ2) is 5.50. The molecule has 0 amide bonds. The van der Waals surface area contributed by atoms with Crippen molar-refractivity contribution in [2.75, 3.05) is 20.1 Å². The number of piperidine rings is 1. The van der Waals surface area contributed by atoms with E-state index in [-0.39, 0.29) is 12.2 Å². The molecule has 5 heteroatoms. The third-order valence-corrected chi connectivity index (χ3v) is 4.21. The van der Waals surface area contributed by atoms with Gasteiger partial charge in [-0.05, 0) is 37.7 Å². The number of hydrogen-bond acceptors (Lipinski definition) is 5. The number of aliphatic hydroxyl groups is 1. The topological polar surface area (TPSA) is 66.8 Å². The van der Waals surface area contributed by atoms with E-state index in [0.717, 1.165) is 6.54 Å². The van der Waals surface area contributed by atoms with E-state index < -0.39 is 11.5 Å². The van der Waals surface area contributed by atoms with Crippen molar-refractivity contribution in [3.05, 3.63) is 48.3 Å². The minimum Gasteiger partial charge on any atom is -0.469 e. The Bertz CT molecular complexity index is 590. The Balaban J connectivity index is 1.86. The number of rotatable bonds is 4. The summed E-state index contributed by atoms with van der Waals surface area (Å²) in [6.07, 6.45) is 3.74. The molecule has 3 rings (SSSR count). The molecule has 2 aromatic rings. The van der Waals surface area contributed by atoms with Gasteiger partial charge >= 0.3 is 0 Å².